The van der Waals surface area contributed by atoms with E-state index in [2.05, 4.69) is 20.6 Å². The van der Waals surface area contributed by atoms with Gasteiger partial charge in [-0.2, -0.15) is 10.2 Å². The Morgan fingerprint density at radius 2 is 1.91 bits per heavy atom. The molecule has 0 aliphatic carbocycles. The average molecular weight is 465 g/mol. The number of nitrogens with one attached hydrogen (secondary N) is 1. The maximum atomic E-state index is 14.0. The minimum atomic E-state index is -0.795. The molecule has 34 heavy (non-hydrogen) atoms. The number of phenolic OH excluding ortho intramolecular Hbond substituents is 1. The first-order valence-electron chi connectivity index (χ1n) is 9.71. The Bertz CT molecular complexity index is 1500. The van der Waals surface area contributed by atoms with Gasteiger partial charge in [0, 0.05) is 35.8 Å². The number of aromatic nitrogens is 3. The van der Waals surface area contributed by atoms with Gasteiger partial charge < -0.3 is 5.11 Å². The average Bonchev–Trinajstić information content (AvgIpc) is 3.09. The summed E-state index contributed by atoms with van der Waals surface area (Å²) in [6, 6.07) is 7.98. The quantitative estimate of drug-likeness (QED) is 0.247. The van der Waals surface area contributed by atoms with Crippen LogP contribution in [0.2, 0.25) is 0 Å². The molecule has 2 aromatic carbocycles. The second-order valence-electron chi connectivity index (χ2n) is 7.25. The van der Waals surface area contributed by atoms with E-state index in [9.17, 15) is 29.7 Å². The number of fused-ring (bicyclic) bond motifs is 1. The molecule has 172 valence electrons. The first kappa shape index (κ1) is 22.3. The second kappa shape index (κ2) is 8.54. The van der Waals surface area contributed by atoms with E-state index in [1.54, 1.807) is 24.7 Å². The van der Waals surface area contributed by atoms with Gasteiger partial charge in [0.05, 0.1) is 21.6 Å². The molecule has 0 saturated carbocycles. The smallest absolute Gasteiger partial charge is 0.301 e. The molecule has 0 fully saturated rings. The number of aromatic hydroxyl groups is 1. The number of anilines is 1. The summed E-state index contributed by atoms with van der Waals surface area (Å²) < 4.78 is 15.6. The number of hydrogen-bond acceptors (Lipinski definition) is 9. The summed E-state index contributed by atoms with van der Waals surface area (Å²) in [5.41, 5.74) is 2.97. The highest BCUT2D eigenvalue weighted by Gasteiger charge is 2.21. The number of nitro groups is 2. The lowest BCUT2D eigenvalue weighted by Gasteiger charge is -2.11. The van der Waals surface area contributed by atoms with Crippen LogP contribution in [0.3, 0.4) is 0 Å². The molecular weight excluding hydrogens is 449 g/mol. The maximum Gasteiger partial charge on any atom is 0.301 e. The molecule has 2 N–H and O–H groups in total. The summed E-state index contributed by atoms with van der Waals surface area (Å²) >= 11 is 0. The molecular formula is C21H16FN7O5. The maximum absolute atomic E-state index is 14.0. The van der Waals surface area contributed by atoms with Crippen molar-refractivity contribution in [1.82, 2.24) is 14.8 Å². The lowest BCUT2D eigenvalue weighted by atomic mass is 10.0. The molecule has 0 unspecified atom stereocenters. The summed E-state index contributed by atoms with van der Waals surface area (Å²) in [6.07, 6.45) is 1.44. The Morgan fingerprint density at radius 1 is 1.15 bits per heavy atom. The van der Waals surface area contributed by atoms with Crippen molar-refractivity contribution in [3.8, 4) is 5.75 Å². The molecule has 13 heteroatoms. The van der Waals surface area contributed by atoms with Crippen molar-refractivity contribution in [2.75, 3.05) is 5.43 Å². The van der Waals surface area contributed by atoms with Crippen LogP contribution in [0, 0.1) is 33.0 Å². The van der Waals surface area contributed by atoms with E-state index in [0.717, 1.165) is 36.4 Å². The van der Waals surface area contributed by atoms with Crippen molar-refractivity contribution < 1.29 is 19.3 Å². The number of nitro benzene ring substituents is 2. The van der Waals surface area contributed by atoms with Crippen molar-refractivity contribution in [2.45, 2.75) is 6.92 Å². The predicted octanol–water partition coefficient (Wildman–Crippen LogP) is 3.80. The van der Waals surface area contributed by atoms with Crippen molar-refractivity contribution >= 4 is 33.8 Å². The van der Waals surface area contributed by atoms with E-state index in [0.29, 0.717) is 22.3 Å². The summed E-state index contributed by atoms with van der Waals surface area (Å²) in [5.74, 6) is -0.934. The first-order valence-corrected chi connectivity index (χ1v) is 9.71. The second-order valence-corrected chi connectivity index (χ2v) is 7.25. The topological polar surface area (TPSA) is 162 Å². The van der Waals surface area contributed by atoms with Crippen LogP contribution >= 0.6 is 0 Å². The number of hydrogen-bond donors (Lipinski definition) is 2. The number of pyridine rings is 1. The first-order chi connectivity index (χ1) is 16.2. The van der Waals surface area contributed by atoms with Crippen molar-refractivity contribution in [3.63, 3.8) is 0 Å². The number of non-ortho nitro benzene ring substituents is 1. The Kier molecular flexibility index (Phi) is 5.59. The summed E-state index contributed by atoms with van der Waals surface area (Å²) in [5, 5.41) is 42.0. The Balaban J connectivity index is 1.88. The van der Waals surface area contributed by atoms with Gasteiger partial charge in [0.1, 0.15) is 23.0 Å². The van der Waals surface area contributed by atoms with Gasteiger partial charge in [-0.25, -0.2) is 9.37 Å². The third-order valence-corrected chi connectivity index (χ3v) is 5.03. The van der Waals surface area contributed by atoms with Gasteiger partial charge in [-0.1, -0.05) is 0 Å². The SMILES string of the molecule is Cc1nn(C)c2ncc(/C(=N/Nc3ccc([N+](=O)[O-])cc3[N+](=O)[O-])c3cc(F)ccc3O)cc12. The van der Waals surface area contributed by atoms with Crippen molar-refractivity contribution in [1.29, 1.82) is 0 Å². The van der Waals surface area contributed by atoms with Crippen LogP contribution in [0.25, 0.3) is 11.0 Å². The van der Waals surface area contributed by atoms with Gasteiger partial charge in [-0.15, -0.1) is 0 Å². The highest BCUT2D eigenvalue weighted by molar-refractivity contribution is 6.15. The molecule has 0 bridgehead atoms. The van der Waals surface area contributed by atoms with E-state index < -0.39 is 27.0 Å². The van der Waals surface area contributed by atoms with Crippen LogP contribution in [0.4, 0.5) is 21.5 Å². The standard InChI is InChI=1S/C21H16FN7O5/c1-11-15-7-12(10-23-21(15)27(2)26-11)20(16-8-13(22)3-6-19(16)30)25-24-17-5-4-14(28(31)32)9-18(17)29(33)34/h3-10,24,30H,1-2H3/b25-20-. The molecule has 4 aromatic rings. The molecule has 0 aliphatic rings. The van der Waals surface area contributed by atoms with Gasteiger partial charge >= 0.3 is 5.69 Å². The highest BCUT2D eigenvalue weighted by Crippen LogP contribution is 2.30. The van der Waals surface area contributed by atoms with Crippen LogP contribution in [0.5, 0.6) is 5.75 Å². The van der Waals surface area contributed by atoms with Crippen LogP contribution in [0.15, 0.2) is 53.8 Å². The number of rotatable bonds is 6. The number of aryl methyl sites for hydroxylation is 2. The summed E-state index contributed by atoms with van der Waals surface area (Å²) in [6.45, 7) is 1.78. The molecule has 0 spiro atoms. The highest BCUT2D eigenvalue weighted by atomic mass is 19.1. The summed E-state index contributed by atoms with van der Waals surface area (Å²) in [4.78, 5) is 25.3. The largest absolute Gasteiger partial charge is 0.507 e. The minimum absolute atomic E-state index is 0.000224. The van der Waals surface area contributed by atoms with Gasteiger partial charge in [-0.3, -0.25) is 30.3 Å². The molecule has 0 radical (unpaired) electrons. The van der Waals surface area contributed by atoms with Crippen LogP contribution < -0.4 is 5.43 Å². The van der Waals surface area contributed by atoms with Crippen LogP contribution in [-0.2, 0) is 7.05 Å². The number of hydrazone groups is 1. The monoisotopic (exact) mass is 465 g/mol. The number of phenols is 1. The van der Waals surface area contributed by atoms with Gasteiger partial charge in [0.25, 0.3) is 5.69 Å². The summed E-state index contributed by atoms with van der Waals surface area (Å²) in [7, 11) is 1.73. The van der Waals surface area contributed by atoms with Crippen LogP contribution in [0.1, 0.15) is 16.8 Å². The third-order valence-electron chi connectivity index (χ3n) is 5.03. The van der Waals surface area contributed by atoms with Gasteiger partial charge in [0.2, 0.25) is 0 Å². The zero-order valence-electron chi connectivity index (χ0n) is 17.8. The molecule has 0 atom stereocenters. The van der Waals surface area contributed by atoms with E-state index >= 15 is 0 Å². The van der Waals surface area contributed by atoms with E-state index in [1.807, 2.05) is 0 Å². The fourth-order valence-electron chi connectivity index (χ4n) is 3.41. The Morgan fingerprint density at radius 3 is 2.62 bits per heavy atom. The molecule has 2 heterocycles. The number of halogens is 1. The zero-order valence-corrected chi connectivity index (χ0v) is 17.8. The predicted molar refractivity (Wildman–Crippen MR) is 120 cm³/mol. The number of nitrogens with zero attached hydrogens (tertiary/aromatic N) is 6. The van der Waals surface area contributed by atoms with Gasteiger partial charge in [-0.05, 0) is 37.3 Å². The lowest BCUT2D eigenvalue weighted by Crippen LogP contribution is -2.09. The molecule has 0 aliphatic heterocycles. The molecule has 0 amide bonds. The van der Waals surface area contributed by atoms with Gasteiger partial charge in [0.15, 0.2) is 5.65 Å². The van der Waals surface area contributed by atoms with Crippen LogP contribution in [-0.4, -0.2) is 35.4 Å². The Hall–Kier alpha value is -4.94. The lowest BCUT2D eigenvalue weighted by molar-refractivity contribution is -0.393. The number of benzene rings is 2. The van der Waals surface area contributed by atoms with Crippen molar-refractivity contribution in [3.05, 3.63) is 91.5 Å². The Labute approximate surface area is 190 Å². The third kappa shape index (κ3) is 4.09. The zero-order chi connectivity index (χ0) is 24.6. The normalized spacial score (nSPS) is 11.6. The fourth-order valence-corrected chi connectivity index (χ4v) is 3.41. The molecule has 12 nitrogen and oxygen atoms in total. The van der Waals surface area contributed by atoms with E-state index in [4.69, 9.17) is 0 Å². The minimum Gasteiger partial charge on any atom is -0.507 e. The van der Waals surface area contributed by atoms with Crippen molar-refractivity contribution in [2.24, 2.45) is 12.1 Å². The molecule has 2 aromatic heterocycles. The van der Waals surface area contributed by atoms with E-state index in [1.165, 1.54) is 6.20 Å². The molecule has 4 rings (SSSR count). The van der Waals surface area contributed by atoms with E-state index in [-0.39, 0.29) is 22.7 Å². The molecule has 0 saturated heterocycles. The fraction of sp³-hybridized carbons (Fsp3) is 0.0952.